The molecular weight excluding hydrogens is 252 g/mol. The molecule has 1 saturated carbocycles. The molecule has 4 nitrogen and oxygen atoms in total. The first-order chi connectivity index (χ1) is 9.35. The number of carbonyl (C=O) groups is 1. The molecule has 0 radical (unpaired) electrons. The molecule has 0 heterocycles. The van der Waals surface area contributed by atoms with Crippen LogP contribution in [0, 0.1) is 11.3 Å². The molecule has 0 aromatic heterocycles. The summed E-state index contributed by atoms with van der Waals surface area (Å²) in [5.74, 6) is 0.507. The zero-order valence-electron chi connectivity index (χ0n) is 12.3. The Kier molecular flexibility index (Phi) is 4.12. The van der Waals surface area contributed by atoms with Crippen molar-refractivity contribution in [2.45, 2.75) is 40.0 Å². The van der Waals surface area contributed by atoms with E-state index in [9.17, 15) is 9.90 Å². The van der Waals surface area contributed by atoms with Crippen molar-refractivity contribution in [3.63, 3.8) is 0 Å². The minimum atomic E-state index is -0.242. The molecule has 2 rings (SSSR count). The number of hydrazone groups is 1. The Morgan fingerprint density at radius 1 is 1.35 bits per heavy atom. The molecule has 4 heteroatoms. The Morgan fingerprint density at radius 3 is 2.60 bits per heavy atom. The maximum atomic E-state index is 11.9. The number of hydrogen-bond donors (Lipinski definition) is 2. The van der Waals surface area contributed by atoms with Crippen LogP contribution in [0.1, 0.15) is 50.4 Å². The second kappa shape index (κ2) is 5.65. The third kappa shape index (κ3) is 3.83. The first kappa shape index (κ1) is 14.6. The number of phenols is 1. The van der Waals surface area contributed by atoms with Crippen molar-refractivity contribution in [1.29, 1.82) is 0 Å². The summed E-state index contributed by atoms with van der Waals surface area (Å²) >= 11 is 0. The van der Waals surface area contributed by atoms with Gasteiger partial charge in [0.05, 0.1) is 0 Å². The van der Waals surface area contributed by atoms with Crippen LogP contribution >= 0.6 is 0 Å². The van der Waals surface area contributed by atoms with Gasteiger partial charge in [-0.3, -0.25) is 4.79 Å². The zero-order valence-corrected chi connectivity index (χ0v) is 12.3. The van der Waals surface area contributed by atoms with Gasteiger partial charge in [-0.1, -0.05) is 20.8 Å². The van der Waals surface area contributed by atoms with E-state index in [1.54, 1.807) is 12.1 Å². The SMILES string of the molecule is CC1C/C(=N\NC(=O)c2ccc(O)cc2)CC(C)(C)C1. The average Bonchev–Trinajstić information content (AvgIpc) is 2.34. The third-order valence-corrected chi connectivity index (χ3v) is 3.61. The largest absolute Gasteiger partial charge is 0.508 e. The highest BCUT2D eigenvalue weighted by Gasteiger charge is 2.29. The molecule has 1 amide bonds. The van der Waals surface area contributed by atoms with Crippen LogP contribution in [0.4, 0.5) is 0 Å². The van der Waals surface area contributed by atoms with Gasteiger partial charge in [0.15, 0.2) is 0 Å². The van der Waals surface area contributed by atoms with Crippen molar-refractivity contribution < 1.29 is 9.90 Å². The Bertz CT molecular complexity index is 518. The topological polar surface area (TPSA) is 61.7 Å². The Balaban J connectivity index is 2.01. The summed E-state index contributed by atoms with van der Waals surface area (Å²) in [4.78, 5) is 11.9. The van der Waals surface area contributed by atoms with Crippen molar-refractivity contribution >= 4 is 11.6 Å². The molecule has 1 aliphatic rings. The Labute approximate surface area is 119 Å². The highest BCUT2D eigenvalue weighted by molar-refractivity contribution is 5.95. The number of carbonyl (C=O) groups excluding carboxylic acids is 1. The van der Waals surface area contributed by atoms with Gasteiger partial charge in [0, 0.05) is 11.3 Å². The molecule has 0 bridgehead atoms. The highest BCUT2D eigenvalue weighted by atomic mass is 16.3. The summed E-state index contributed by atoms with van der Waals surface area (Å²) in [5.41, 5.74) is 4.42. The first-order valence-electron chi connectivity index (χ1n) is 7.00. The van der Waals surface area contributed by atoms with Gasteiger partial charge in [0.25, 0.3) is 5.91 Å². The normalized spacial score (nSPS) is 23.6. The lowest BCUT2D eigenvalue weighted by atomic mass is 9.72. The number of amides is 1. The Hall–Kier alpha value is -1.84. The lowest BCUT2D eigenvalue weighted by Gasteiger charge is -2.34. The fourth-order valence-electron chi connectivity index (χ4n) is 3.01. The van der Waals surface area contributed by atoms with Crippen molar-refractivity contribution in [2.24, 2.45) is 16.4 Å². The number of aromatic hydroxyl groups is 1. The van der Waals surface area contributed by atoms with Gasteiger partial charge in [-0.2, -0.15) is 5.10 Å². The first-order valence-corrected chi connectivity index (χ1v) is 7.00. The van der Waals surface area contributed by atoms with Crippen LogP contribution in [-0.2, 0) is 0 Å². The van der Waals surface area contributed by atoms with E-state index in [4.69, 9.17) is 0 Å². The molecule has 1 aromatic rings. The number of nitrogens with zero attached hydrogens (tertiary/aromatic N) is 1. The van der Waals surface area contributed by atoms with E-state index in [-0.39, 0.29) is 17.1 Å². The van der Waals surface area contributed by atoms with E-state index in [0.717, 1.165) is 18.6 Å². The van der Waals surface area contributed by atoms with Crippen LogP contribution < -0.4 is 5.43 Å². The minimum absolute atomic E-state index is 0.149. The molecule has 108 valence electrons. The molecule has 20 heavy (non-hydrogen) atoms. The Morgan fingerprint density at radius 2 is 2.00 bits per heavy atom. The maximum absolute atomic E-state index is 11.9. The summed E-state index contributed by atoms with van der Waals surface area (Å²) in [5, 5.41) is 13.5. The number of rotatable bonds is 2. The van der Waals surface area contributed by atoms with E-state index in [1.807, 2.05) is 0 Å². The predicted octanol–water partition coefficient (Wildman–Crippen LogP) is 3.32. The molecule has 1 aromatic carbocycles. The summed E-state index contributed by atoms with van der Waals surface area (Å²) in [6.07, 6.45) is 3.06. The molecule has 0 aliphatic heterocycles. The quantitative estimate of drug-likeness (QED) is 0.813. The van der Waals surface area contributed by atoms with Gasteiger partial charge >= 0.3 is 0 Å². The van der Waals surface area contributed by atoms with Crippen molar-refractivity contribution in [3.05, 3.63) is 29.8 Å². The monoisotopic (exact) mass is 274 g/mol. The fraction of sp³-hybridized carbons (Fsp3) is 0.500. The van der Waals surface area contributed by atoms with Gasteiger partial charge in [-0.05, 0) is 54.9 Å². The van der Waals surface area contributed by atoms with Crippen molar-refractivity contribution in [3.8, 4) is 5.75 Å². The van der Waals surface area contributed by atoms with E-state index in [0.29, 0.717) is 11.5 Å². The van der Waals surface area contributed by atoms with Crippen molar-refractivity contribution in [1.82, 2.24) is 5.43 Å². The summed E-state index contributed by atoms with van der Waals surface area (Å²) < 4.78 is 0. The summed E-state index contributed by atoms with van der Waals surface area (Å²) in [7, 11) is 0. The predicted molar refractivity (Wildman–Crippen MR) is 79.8 cm³/mol. The van der Waals surface area contributed by atoms with Gasteiger partial charge in [-0.25, -0.2) is 5.43 Å². The lowest BCUT2D eigenvalue weighted by Crippen LogP contribution is -2.30. The molecule has 0 spiro atoms. The number of hydrogen-bond acceptors (Lipinski definition) is 3. The molecule has 0 saturated heterocycles. The van der Waals surface area contributed by atoms with Crippen LogP contribution in [-0.4, -0.2) is 16.7 Å². The molecular formula is C16H22N2O2. The van der Waals surface area contributed by atoms with Crippen molar-refractivity contribution in [2.75, 3.05) is 0 Å². The van der Waals surface area contributed by atoms with Crippen LogP contribution in [0.25, 0.3) is 0 Å². The minimum Gasteiger partial charge on any atom is -0.508 e. The molecule has 1 unspecified atom stereocenters. The fourth-order valence-corrected chi connectivity index (χ4v) is 3.01. The van der Waals surface area contributed by atoms with Crippen LogP contribution in [0.3, 0.4) is 0 Å². The highest BCUT2D eigenvalue weighted by Crippen LogP contribution is 2.36. The van der Waals surface area contributed by atoms with Crippen LogP contribution in [0.5, 0.6) is 5.75 Å². The summed E-state index contributed by atoms with van der Waals surface area (Å²) in [6.45, 7) is 6.69. The zero-order chi connectivity index (χ0) is 14.8. The van der Waals surface area contributed by atoms with E-state index in [2.05, 4.69) is 31.3 Å². The number of nitrogens with one attached hydrogen (secondary N) is 1. The third-order valence-electron chi connectivity index (χ3n) is 3.61. The average molecular weight is 274 g/mol. The smallest absolute Gasteiger partial charge is 0.271 e. The van der Waals surface area contributed by atoms with E-state index < -0.39 is 0 Å². The number of benzene rings is 1. The van der Waals surface area contributed by atoms with Gasteiger partial charge in [-0.15, -0.1) is 0 Å². The van der Waals surface area contributed by atoms with Gasteiger partial charge in [0.2, 0.25) is 0 Å². The lowest BCUT2D eigenvalue weighted by molar-refractivity contribution is 0.0954. The van der Waals surface area contributed by atoms with E-state index in [1.165, 1.54) is 18.6 Å². The maximum Gasteiger partial charge on any atom is 0.271 e. The van der Waals surface area contributed by atoms with Crippen LogP contribution in [0.15, 0.2) is 29.4 Å². The van der Waals surface area contributed by atoms with Gasteiger partial charge in [0.1, 0.15) is 5.75 Å². The molecule has 1 aliphatic carbocycles. The molecule has 1 atom stereocenters. The summed E-state index contributed by atoms with van der Waals surface area (Å²) in [6, 6.07) is 6.15. The van der Waals surface area contributed by atoms with Crippen LogP contribution in [0.2, 0.25) is 0 Å². The molecule has 1 fully saturated rings. The number of phenolic OH excluding ortho intramolecular Hbond substituents is 1. The second-order valence-corrected chi connectivity index (χ2v) is 6.52. The molecule has 2 N–H and O–H groups in total. The van der Waals surface area contributed by atoms with E-state index >= 15 is 0 Å². The second-order valence-electron chi connectivity index (χ2n) is 6.52. The standard InChI is InChI=1S/C16H22N2O2/c1-11-8-13(10-16(2,3)9-11)17-18-15(20)12-4-6-14(19)7-5-12/h4-7,11,19H,8-10H2,1-3H3,(H,18,20)/b17-13+. The van der Waals surface area contributed by atoms with Gasteiger partial charge < -0.3 is 5.11 Å².